The molecule has 2 unspecified atom stereocenters. The smallest absolute Gasteiger partial charge is 0.376 e. The van der Waals surface area contributed by atoms with E-state index in [1.807, 2.05) is 6.92 Å². The molecule has 4 nitrogen and oxygen atoms in total. The number of aromatic nitrogens is 2. The molecule has 19 heavy (non-hydrogen) atoms. The zero-order chi connectivity index (χ0) is 14.2. The van der Waals surface area contributed by atoms with E-state index in [1.54, 1.807) is 11.9 Å². The molecule has 0 bridgehead atoms. The molecule has 2 heterocycles. The number of alkyl halides is 3. The summed E-state index contributed by atoms with van der Waals surface area (Å²) in [6.45, 7) is 2.46. The second-order valence-electron chi connectivity index (χ2n) is 4.41. The summed E-state index contributed by atoms with van der Waals surface area (Å²) in [5.74, 6) is -1.08. The summed E-state index contributed by atoms with van der Waals surface area (Å²) in [6, 6.07) is 1.30. The van der Waals surface area contributed by atoms with Crippen LogP contribution >= 0.6 is 11.6 Å². The lowest BCUT2D eigenvalue weighted by Crippen LogP contribution is -2.37. The van der Waals surface area contributed by atoms with Crippen LogP contribution in [0.1, 0.15) is 19.2 Å². The summed E-state index contributed by atoms with van der Waals surface area (Å²) in [6.07, 6.45) is -3.94. The predicted molar refractivity (Wildman–Crippen MR) is 64.3 cm³/mol. The monoisotopic (exact) mass is 295 g/mol. The highest BCUT2D eigenvalue weighted by Gasteiger charge is 2.36. The molecule has 0 aliphatic carbocycles. The Hall–Kier alpha value is -1.08. The lowest BCUT2D eigenvalue weighted by Gasteiger charge is -2.28. The van der Waals surface area contributed by atoms with Gasteiger partial charge in [0.1, 0.15) is 11.0 Å². The van der Waals surface area contributed by atoms with Crippen LogP contribution in [0.2, 0.25) is 5.15 Å². The first-order valence-corrected chi connectivity index (χ1v) is 6.13. The topological polar surface area (TPSA) is 38.2 Å². The van der Waals surface area contributed by atoms with Crippen molar-refractivity contribution >= 4 is 17.4 Å². The first kappa shape index (κ1) is 14.3. The molecule has 106 valence electrons. The minimum atomic E-state index is -4.61. The van der Waals surface area contributed by atoms with Gasteiger partial charge in [-0.2, -0.15) is 13.2 Å². The van der Waals surface area contributed by atoms with E-state index in [4.69, 9.17) is 16.3 Å². The molecule has 0 amide bonds. The van der Waals surface area contributed by atoms with E-state index in [9.17, 15) is 13.2 Å². The third kappa shape index (κ3) is 3.09. The number of nitrogens with zero attached hydrogens (tertiary/aromatic N) is 3. The van der Waals surface area contributed by atoms with Gasteiger partial charge in [-0.15, -0.1) is 0 Å². The van der Waals surface area contributed by atoms with Crippen LogP contribution in [-0.2, 0) is 10.9 Å². The summed E-state index contributed by atoms with van der Waals surface area (Å²) in [7, 11) is 1.68. The van der Waals surface area contributed by atoms with Crippen LogP contribution in [0.4, 0.5) is 19.0 Å². The minimum Gasteiger partial charge on any atom is -0.376 e. The molecule has 0 saturated carbocycles. The Balaban J connectivity index is 2.31. The normalized spacial score (nSPS) is 23.7. The first-order valence-electron chi connectivity index (χ1n) is 5.75. The third-order valence-electron chi connectivity index (χ3n) is 3.13. The molecule has 2 rings (SSSR count). The molecule has 0 spiro atoms. The Morgan fingerprint density at radius 3 is 2.63 bits per heavy atom. The number of ether oxygens (including phenoxy) is 1. The highest BCUT2D eigenvalue weighted by Crippen LogP contribution is 2.30. The van der Waals surface area contributed by atoms with E-state index in [2.05, 4.69) is 9.97 Å². The van der Waals surface area contributed by atoms with Crippen LogP contribution in [0.25, 0.3) is 0 Å². The molecule has 1 fully saturated rings. The first-order chi connectivity index (χ1) is 8.79. The summed E-state index contributed by atoms with van der Waals surface area (Å²) in [5, 5.41) is -0.226. The van der Waals surface area contributed by atoms with Crippen molar-refractivity contribution in [2.45, 2.75) is 31.7 Å². The molecular formula is C11H13ClF3N3O. The molecule has 0 N–H and O–H groups in total. The molecule has 1 aromatic rings. The van der Waals surface area contributed by atoms with Gasteiger partial charge in [0, 0.05) is 19.7 Å². The molecule has 1 saturated heterocycles. The molecule has 1 aliphatic rings. The van der Waals surface area contributed by atoms with Crippen LogP contribution < -0.4 is 4.90 Å². The highest BCUT2D eigenvalue weighted by atomic mass is 35.5. The second-order valence-corrected chi connectivity index (χ2v) is 4.80. The maximum absolute atomic E-state index is 12.6. The van der Waals surface area contributed by atoms with Gasteiger partial charge in [0.2, 0.25) is 5.82 Å². The van der Waals surface area contributed by atoms with E-state index in [0.717, 1.165) is 6.42 Å². The predicted octanol–water partition coefficient (Wildman–Crippen LogP) is 2.76. The Morgan fingerprint density at radius 2 is 2.11 bits per heavy atom. The van der Waals surface area contributed by atoms with Gasteiger partial charge >= 0.3 is 6.18 Å². The number of anilines is 1. The second kappa shape index (κ2) is 5.13. The maximum atomic E-state index is 12.6. The lowest BCUT2D eigenvalue weighted by molar-refractivity contribution is -0.144. The molecule has 8 heteroatoms. The molecule has 2 atom stereocenters. The van der Waals surface area contributed by atoms with Crippen LogP contribution in [-0.4, -0.2) is 35.8 Å². The van der Waals surface area contributed by atoms with Crippen molar-refractivity contribution < 1.29 is 17.9 Å². The van der Waals surface area contributed by atoms with E-state index >= 15 is 0 Å². The van der Waals surface area contributed by atoms with Crippen molar-refractivity contribution in [1.29, 1.82) is 0 Å². The van der Waals surface area contributed by atoms with Gasteiger partial charge in [0.15, 0.2) is 0 Å². The van der Waals surface area contributed by atoms with Crippen molar-refractivity contribution in [3.8, 4) is 0 Å². The van der Waals surface area contributed by atoms with E-state index in [-0.39, 0.29) is 23.1 Å². The minimum absolute atomic E-state index is 0.0212. The van der Waals surface area contributed by atoms with Gasteiger partial charge in [-0.3, -0.25) is 0 Å². The van der Waals surface area contributed by atoms with Crippen LogP contribution in [0, 0.1) is 0 Å². The number of hydrogen-bond acceptors (Lipinski definition) is 4. The number of hydrogen-bond donors (Lipinski definition) is 0. The third-order valence-corrected chi connectivity index (χ3v) is 3.32. The van der Waals surface area contributed by atoms with Gasteiger partial charge in [-0.25, -0.2) is 9.97 Å². The summed E-state index contributed by atoms with van der Waals surface area (Å²) in [4.78, 5) is 8.39. The number of halogens is 4. The van der Waals surface area contributed by atoms with Crippen LogP contribution in [0.5, 0.6) is 0 Å². The standard InChI is InChI=1S/C11H13ClF3N3O/c1-6-7(3-4-19-6)18(2)9-5-8(12)16-10(17-9)11(13,14)15/h5-7H,3-4H2,1-2H3. The van der Waals surface area contributed by atoms with Crippen LogP contribution in [0.3, 0.4) is 0 Å². The van der Waals surface area contributed by atoms with Gasteiger partial charge in [0.05, 0.1) is 12.1 Å². The van der Waals surface area contributed by atoms with Crippen molar-refractivity contribution in [1.82, 2.24) is 9.97 Å². The number of rotatable bonds is 2. The molecule has 0 radical (unpaired) electrons. The zero-order valence-electron chi connectivity index (χ0n) is 10.4. The Morgan fingerprint density at radius 1 is 1.42 bits per heavy atom. The van der Waals surface area contributed by atoms with Crippen molar-refractivity contribution in [3.05, 3.63) is 17.0 Å². The van der Waals surface area contributed by atoms with E-state index in [0.29, 0.717) is 6.61 Å². The quantitative estimate of drug-likeness (QED) is 0.787. The Labute approximate surface area is 113 Å². The molecular weight excluding hydrogens is 283 g/mol. The fourth-order valence-corrected chi connectivity index (χ4v) is 2.29. The molecule has 1 aliphatic heterocycles. The van der Waals surface area contributed by atoms with Crippen molar-refractivity contribution in [2.75, 3.05) is 18.6 Å². The Kier molecular flexibility index (Phi) is 3.87. The largest absolute Gasteiger partial charge is 0.451 e. The average Bonchev–Trinajstić information content (AvgIpc) is 2.72. The number of likely N-dealkylation sites (N-methyl/N-ethyl adjacent to an activating group) is 1. The molecule has 0 aromatic carbocycles. The fraction of sp³-hybridized carbons (Fsp3) is 0.636. The zero-order valence-corrected chi connectivity index (χ0v) is 11.2. The van der Waals surface area contributed by atoms with Gasteiger partial charge in [0.25, 0.3) is 0 Å². The van der Waals surface area contributed by atoms with E-state index in [1.165, 1.54) is 6.07 Å². The maximum Gasteiger partial charge on any atom is 0.451 e. The van der Waals surface area contributed by atoms with Crippen molar-refractivity contribution in [3.63, 3.8) is 0 Å². The average molecular weight is 296 g/mol. The fourth-order valence-electron chi connectivity index (χ4n) is 2.11. The van der Waals surface area contributed by atoms with E-state index < -0.39 is 12.0 Å². The summed E-state index contributed by atoms with van der Waals surface area (Å²) in [5.41, 5.74) is 0. The highest BCUT2D eigenvalue weighted by molar-refractivity contribution is 6.29. The SMILES string of the molecule is CC1OCCC1N(C)c1cc(Cl)nc(C(F)(F)F)n1. The lowest BCUT2D eigenvalue weighted by atomic mass is 10.1. The Bertz CT molecular complexity index is 469. The summed E-state index contributed by atoms with van der Waals surface area (Å²) >= 11 is 5.63. The van der Waals surface area contributed by atoms with Crippen LogP contribution in [0.15, 0.2) is 6.07 Å². The van der Waals surface area contributed by atoms with Crippen molar-refractivity contribution in [2.24, 2.45) is 0 Å². The van der Waals surface area contributed by atoms with Gasteiger partial charge in [-0.1, -0.05) is 11.6 Å². The summed E-state index contributed by atoms with van der Waals surface area (Å²) < 4.78 is 43.3. The van der Waals surface area contributed by atoms with Gasteiger partial charge < -0.3 is 9.64 Å². The van der Waals surface area contributed by atoms with Gasteiger partial charge in [-0.05, 0) is 13.3 Å². The molecule has 1 aromatic heterocycles.